The number of amides is 3. The molecule has 0 aromatic heterocycles. The van der Waals surface area contributed by atoms with Crippen molar-refractivity contribution in [3.05, 3.63) is 93.4 Å². The van der Waals surface area contributed by atoms with Gasteiger partial charge in [-0.05, 0) is 78.6 Å². The molecule has 3 amide bonds. The average molecular weight is 608 g/mol. The normalized spacial score (nSPS) is 25.1. The second-order valence-electron chi connectivity index (χ2n) is 10.3. The molecule has 2 bridgehead atoms. The smallest absolute Gasteiger partial charge is 0.338 e. The Hall–Kier alpha value is -3.49. The standard InChI is InChI=1S/C30H24BrClN2O5/c31-19-8-11-24(23(32)14-19)33-25(35)15-39-30(38)17-6-9-20(10-7-17)34-28(36)26-18-12-21(16-4-2-1-3-5-16)22(13-18)27(26)29(34)37/h1-11,14,18,21-22,26-27H,12-13,15H2,(H,33,35)/t18-,21-,22+,26+,27-/m0/s1. The first-order valence-corrected chi connectivity index (χ1v) is 13.9. The van der Waals surface area contributed by atoms with Gasteiger partial charge >= 0.3 is 5.97 Å². The molecule has 5 atom stereocenters. The first kappa shape index (κ1) is 25.8. The summed E-state index contributed by atoms with van der Waals surface area (Å²) in [6.07, 6.45) is 1.84. The molecular formula is C30H24BrClN2O5. The first-order valence-electron chi connectivity index (χ1n) is 12.8. The zero-order valence-electron chi connectivity index (χ0n) is 20.7. The van der Waals surface area contributed by atoms with Crippen molar-refractivity contribution in [3.8, 4) is 0 Å². The van der Waals surface area contributed by atoms with Crippen LogP contribution in [0, 0.1) is 23.7 Å². The molecule has 1 heterocycles. The number of nitrogens with zero attached hydrogens (tertiary/aromatic N) is 1. The van der Waals surface area contributed by atoms with Crippen molar-refractivity contribution >= 4 is 62.6 Å². The lowest BCUT2D eigenvalue weighted by Gasteiger charge is -2.28. The van der Waals surface area contributed by atoms with Gasteiger partial charge in [0.1, 0.15) is 0 Å². The molecule has 1 aliphatic heterocycles. The molecule has 0 radical (unpaired) electrons. The third-order valence-electron chi connectivity index (χ3n) is 8.14. The number of halogens is 2. The number of nitrogens with one attached hydrogen (secondary N) is 1. The summed E-state index contributed by atoms with van der Waals surface area (Å²) in [5.41, 5.74) is 2.28. The maximum atomic E-state index is 13.5. The summed E-state index contributed by atoms with van der Waals surface area (Å²) < 4.78 is 5.90. The van der Waals surface area contributed by atoms with E-state index in [4.69, 9.17) is 16.3 Å². The number of imide groups is 1. The first-order chi connectivity index (χ1) is 18.8. The van der Waals surface area contributed by atoms with Gasteiger partial charge in [-0.2, -0.15) is 0 Å². The van der Waals surface area contributed by atoms with Crippen LogP contribution in [0.4, 0.5) is 11.4 Å². The van der Waals surface area contributed by atoms with E-state index in [9.17, 15) is 19.2 Å². The van der Waals surface area contributed by atoms with Crippen molar-refractivity contribution in [1.82, 2.24) is 0 Å². The van der Waals surface area contributed by atoms with E-state index >= 15 is 0 Å². The minimum Gasteiger partial charge on any atom is -0.452 e. The van der Waals surface area contributed by atoms with E-state index in [2.05, 4.69) is 33.4 Å². The van der Waals surface area contributed by atoms with Gasteiger partial charge < -0.3 is 10.1 Å². The Kier molecular flexibility index (Phi) is 6.77. The number of rotatable bonds is 6. The highest BCUT2D eigenvalue weighted by molar-refractivity contribution is 9.10. The van der Waals surface area contributed by atoms with Crippen LogP contribution in [0.3, 0.4) is 0 Å². The van der Waals surface area contributed by atoms with E-state index in [1.807, 2.05) is 18.2 Å². The van der Waals surface area contributed by atoms with Gasteiger partial charge in [-0.1, -0.05) is 57.9 Å². The number of esters is 1. The fourth-order valence-electron chi connectivity index (χ4n) is 6.54. The molecule has 198 valence electrons. The largest absolute Gasteiger partial charge is 0.452 e. The highest BCUT2D eigenvalue weighted by Crippen LogP contribution is 2.61. The van der Waals surface area contributed by atoms with E-state index in [1.54, 1.807) is 30.3 Å². The zero-order valence-corrected chi connectivity index (χ0v) is 23.0. The lowest BCUT2D eigenvalue weighted by atomic mass is 9.73. The summed E-state index contributed by atoms with van der Waals surface area (Å²) in [5.74, 6) is -1.45. The van der Waals surface area contributed by atoms with Gasteiger partial charge in [-0.15, -0.1) is 0 Å². The minimum atomic E-state index is -0.696. The van der Waals surface area contributed by atoms with Crippen LogP contribution >= 0.6 is 27.5 Å². The summed E-state index contributed by atoms with van der Waals surface area (Å²) in [6, 6.07) is 21.4. The Bertz CT molecular complexity index is 1480. The summed E-state index contributed by atoms with van der Waals surface area (Å²) in [7, 11) is 0. The highest BCUT2D eigenvalue weighted by atomic mass is 79.9. The molecular weight excluding hydrogens is 584 g/mol. The summed E-state index contributed by atoms with van der Waals surface area (Å²) in [4.78, 5) is 52.9. The minimum absolute atomic E-state index is 0.150. The Morgan fingerprint density at radius 2 is 1.67 bits per heavy atom. The SMILES string of the molecule is O=C(COC(=O)c1ccc(N2C(=O)[C@@H]3[C@@H]4C[C@@H]([C@@H]3C2=O)[C@H](c2ccccc2)C4)cc1)Nc1ccc(Br)cc1Cl. The average Bonchev–Trinajstić information content (AvgIpc) is 3.61. The highest BCUT2D eigenvalue weighted by Gasteiger charge is 2.64. The van der Waals surface area contributed by atoms with E-state index in [-0.39, 0.29) is 41.0 Å². The molecule has 9 heteroatoms. The van der Waals surface area contributed by atoms with Gasteiger partial charge in [-0.3, -0.25) is 19.3 Å². The molecule has 1 saturated heterocycles. The number of fused-ring (bicyclic) bond motifs is 5. The van der Waals surface area contributed by atoms with Crippen LogP contribution in [0.2, 0.25) is 5.02 Å². The van der Waals surface area contributed by atoms with Gasteiger partial charge in [0, 0.05) is 4.47 Å². The molecule has 39 heavy (non-hydrogen) atoms. The third-order valence-corrected chi connectivity index (χ3v) is 8.95. The molecule has 3 aromatic carbocycles. The van der Waals surface area contributed by atoms with E-state index in [0.717, 1.165) is 17.3 Å². The van der Waals surface area contributed by atoms with Crippen LogP contribution < -0.4 is 10.2 Å². The van der Waals surface area contributed by atoms with Gasteiger partial charge in [0.25, 0.3) is 5.91 Å². The molecule has 1 N–H and O–H groups in total. The Labute approximate surface area is 238 Å². The van der Waals surface area contributed by atoms with E-state index < -0.39 is 18.5 Å². The number of carbonyl (C=O) groups is 4. The zero-order chi connectivity index (χ0) is 27.3. The van der Waals surface area contributed by atoms with Crippen LogP contribution in [0.15, 0.2) is 77.3 Å². The maximum absolute atomic E-state index is 13.5. The molecule has 6 rings (SSSR count). The summed E-state index contributed by atoms with van der Waals surface area (Å²) in [5, 5.41) is 2.94. The van der Waals surface area contributed by atoms with Crippen LogP contribution in [0.1, 0.15) is 34.7 Å². The fraction of sp³-hybridized carbons (Fsp3) is 0.267. The number of anilines is 2. The molecule has 2 saturated carbocycles. The van der Waals surface area contributed by atoms with Crippen molar-refractivity contribution in [3.63, 3.8) is 0 Å². The van der Waals surface area contributed by atoms with Crippen molar-refractivity contribution < 1.29 is 23.9 Å². The van der Waals surface area contributed by atoms with Crippen LogP contribution in [0.25, 0.3) is 0 Å². The quantitative estimate of drug-likeness (QED) is 0.281. The predicted octanol–water partition coefficient (Wildman–Crippen LogP) is 5.83. The van der Waals surface area contributed by atoms with Crippen molar-refractivity contribution in [1.29, 1.82) is 0 Å². The topological polar surface area (TPSA) is 92.8 Å². The van der Waals surface area contributed by atoms with Crippen LogP contribution in [-0.4, -0.2) is 30.3 Å². The van der Waals surface area contributed by atoms with E-state index in [1.165, 1.54) is 22.6 Å². The molecule has 0 unspecified atom stereocenters. The molecule has 7 nitrogen and oxygen atoms in total. The van der Waals surface area contributed by atoms with Crippen molar-refractivity contribution in [2.75, 3.05) is 16.8 Å². The summed E-state index contributed by atoms with van der Waals surface area (Å²) in [6.45, 7) is -0.495. The van der Waals surface area contributed by atoms with Crippen molar-refractivity contribution in [2.45, 2.75) is 18.8 Å². The number of ether oxygens (including phenoxy) is 1. The predicted molar refractivity (Wildman–Crippen MR) is 149 cm³/mol. The third kappa shape index (κ3) is 4.66. The summed E-state index contributed by atoms with van der Waals surface area (Å²) >= 11 is 9.40. The van der Waals surface area contributed by atoms with Gasteiger partial charge in [0.15, 0.2) is 6.61 Å². The number of hydrogen-bond acceptors (Lipinski definition) is 5. The maximum Gasteiger partial charge on any atom is 0.338 e. The van der Waals surface area contributed by atoms with Crippen molar-refractivity contribution in [2.24, 2.45) is 23.7 Å². The molecule has 3 aromatic rings. The fourth-order valence-corrected chi connectivity index (χ4v) is 7.26. The second kappa shape index (κ2) is 10.2. The Morgan fingerprint density at radius 1 is 0.949 bits per heavy atom. The lowest BCUT2D eigenvalue weighted by molar-refractivity contribution is -0.123. The van der Waals surface area contributed by atoms with Gasteiger partial charge in [0.2, 0.25) is 11.8 Å². The Balaban J connectivity index is 1.10. The molecule has 3 fully saturated rings. The van der Waals surface area contributed by atoms with Gasteiger partial charge in [0.05, 0.1) is 33.8 Å². The van der Waals surface area contributed by atoms with Gasteiger partial charge in [-0.25, -0.2) is 4.79 Å². The number of benzene rings is 3. The monoisotopic (exact) mass is 606 g/mol. The number of carbonyl (C=O) groups excluding carboxylic acids is 4. The molecule has 0 spiro atoms. The second-order valence-corrected chi connectivity index (χ2v) is 11.6. The Morgan fingerprint density at radius 3 is 2.38 bits per heavy atom. The van der Waals surface area contributed by atoms with Crippen LogP contribution in [0.5, 0.6) is 0 Å². The molecule has 3 aliphatic rings. The lowest BCUT2D eigenvalue weighted by Crippen LogP contribution is -2.33. The molecule has 2 aliphatic carbocycles. The van der Waals surface area contributed by atoms with E-state index in [0.29, 0.717) is 22.3 Å². The van der Waals surface area contributed by atoms with Crippen LogP contribution in [-0.2, 0) is 19.1 Å². The number of hydrogen-bond donors (Lipinski definition) is 1.